The van der Waals surface area contributed by atoms with Crippen LogP contribution in [0.3, 0.4) is 0 Å². The number of nitrogens with one attached hydrogen (secondary N) is 2. The lowest BCUT2D eigenvalue weighted by Gasteiger charge is -2.37. The van der Waals surface area contributed by atoms with Gasteiger partial charge in [0.2, 0.25) is 5.91 Å². The number of carbonyl (C=O) groups is 3. The molecular weight excluding hydrogens is 250 g/mol. The average molecular weight is 271 g/mol. The minimum atomic E-state index is -0.879. The van der Waals surface area contributed by atoms with Crippen LogP contribution < -0.4 is 10.6 Å². The summed E-state index contributed by atoms with van der Waals surface area (Å²) in [6.07, 6.45) is 1.46. The first-order valence-corrected chi connectivity index (χ1v) is 6.36. The van der Waals surface area contributed by atoms with Crippen LogP contribution in [0.25, 0.3) is 0 Å². The average Bonchev–Trinajstić information content (AvgIpc) is 2.38. The van der Waals surface area contributed by atoms with Gasteiger partial charge in [-0.3, -0.25) is 9.59 Å². The van der Waals surface area contributed by atoms with E-state index in [0.717, 1.165) is 0 Å². The number of nitrogens with zero attached hydrogens (tertiary/aromatic N) is 1. The maximum Gasteiger partial charge on any atom is 0.317 e. The normalized spacial score (nSPS) is 22.7. The smallest absolute Gasteiger partial charge is 0.317 e. The highest BCUT2D eigenvalue weighted by molar-refractivity contribution is 5.79. The molecule has 0 saturated carbocycles. The summed E-state index contributed by atoms with van der Waals surface area (Å²) in [5, 5.41) is 14.3. The molecule has 1 fully saturated rings. The summed E-state index contributed by atoms with van der Waals surface area (Å²) in [4.78, 5) is 35.6. The van der Waals surface area contributed by atoms with E-state index >= 15 is 0 Å². The zero-order valence-electron chi connectivity index (χ0n) is 11.4. The Kier molecular flexibility index (Phi) is 5.14. The van der Waals surface area contributed by atoms with Crippen molar-refractivity contribution in [2.24, 2.45) is 5.41 Å². The number of carboxylic acid groups (broad SMARTS) is 1. The molecule has 0 aromatic heterocycles. The highest BCUT2D eigenvalue weighted by atomic mass is 16.4. The van der Waals surface area contributed by atoms with Crippen LogP contribution in [0.1, 0.15) is 26.2 Å². The minimum Gasteiger partial charge on any atom is -0.481 e. The van der Waals surface area contributed by atoms with Crippen LogP contribution in [0.2, 0.25) is 0 Å². The summed E-state index contributed by atoms with van der Waals surface area (Å²) >= 11 is 0. The molecule has 7 nitrogen and oxygen atoms in total. The summed E-state index contributed by atoms with van der Waals surface area (Å²) in [6.45, 7) is 2.65. The second kappa shape index (κ2) is 6.40. The number of urea groups is 1. The molecule has 1 aliphatic heterocycles. The standard InChI is InChI=1S/C12H21N3O4/c1-12(10(17)18)5-3-7-15(8-12)11(19)14-6-4-9(16)13-2/h3-8H2,1-2H3,(H,13,16)(H,14,19)(H,17,18). The van der Waals surface area contributed by atoms with E-state index in [4.69, 9.17) is 5.11 Å². The quantitative estimate of drug-likeness (QED) is 0.671. The molecule has 1 saturated heterocycles. The summed E-state index contributed by atoms with van der Waals surface area (Å²) in [5.74, 6) is -1.02. The van der Waals surface area contributed by atoms with Gasteiger partial charge in [0.1, 0.15) is 0 Å². The van der Waals surface area contributed by atoms with Crippen LogP contribution >= 0.6 is 0 Å². The molecule has 1 unspecified atom stereocenters. The van der Waals surface area contributed by atoms with Crippen LogP contribution in [0.5, 0.6) is 0 Å². The number of piperidine rings is 1. The van der Waals surface area contributed by atoms with Gasteiger partial charge in [-0.15, -0.1) is 0 Å². The first kappa shape index (κ1) is 15.3. The third-order valence-electron chi connectivity index (χ3n) is 3.41. The highest BCUT2D eigenvalue weighted by Crippen LogP contribution is 2.29. The van der Waals surface area contributed by atoms with Gasteiger partial charge in [0.15, 0.2) is 0 Å². The van der Waals surface area contributed by atoms with Crippen LogP contribution in [0, 0.1) is 5.41 Å². The summed E-state index contributed by atoms with van der Waals surface area (Å²) in [6, 6.07) is -0.309. The van der Waals surface area contributed by atoms with E-state index in [2.05, 4.69) is 10.6 Å². The number of aliphatic carboxylic acids is 1. The van der Waals surface area contributed by atoms with Gasteiger partial charge in [0.05, 0.1) is 5.41 Å². The summed E-state index contributed by atoms with van der Waals surface area (Å²) in [5.41, 5.74) is -0.879. The van der Waals surface area contributed by atoms with E-state index in [-0.39, 0.29) is 31.4 Å². The molecular formula is C12H21N3O4. The second-order valence-electron chi connectivity index (χ2n) is 5.05. The van der Waals surface area contributed by atoms with Crippen LogP contribution in [-0.4, -0.2) is 54.6 Å². The van der Waals surface area contributed by atoms with Crippen molar-refractivity contribution in [1.29, 1.82) is 0 Å². The van der Waals surface area contributed by atoms with Crippen LogP contribution in [0.15, 0.2) is 0 Å². The number of amides is 3. The molecule has 0 spiro atoms. The van der Waals surface area contributed by atoms with Gasteiger partial charge in [-0.1, -0.05) is 0 Å². The predicted octanol–water partition coefficient (Wildman–Crippen LogP) is 0.0188. The monoisotopic (exact) mass is 271 g/mol. The van der Waals surface area contributed by atoms with Gasteiger partial charge in [0.25, 0.3) is 0 Å². The number of rotatable bonds is 4. The topological polar surface area (TPSA) is 98.7 Å². The Balaban J connectivity index is 2.44. The van der Waals surface area contributed by atoms with E-state index in [9.17, 15) is 14.4 Å². The lowest BCUT2D eigenvalue weighted by Crippen LogP contribution is -2.51. The van der Waals surface area contributed by atoms with Gasteiger partial charge >= 0.3 is 12.0 Å². The third-order valence-corrected chi connectivity index (χ3v) is 3.41. The molecule has 0 radical (unpaired) electrons. The molecule has 1 aliphatic rings. The number of carboxylic acids is 1. The SMILES string of the molecule is CNC(=O)CCNC(=O)N1CCCC(C)(C(=O)O)C1. The fourth-order valence-corrected chi connectivity index (χ4v) is 2.11. The molecule has 3 amide bonds. The van der Waals surface area contributed by atoms with Gasteiger partial charge < -0.3 is 20.6 Å². The Labute approximate surface area is 112 Å². The van der Waals surface area contributed by atoms with Gasteiger partial charge in [-0.2, -0.15) is 0 Å². The summed E-state index contributed by atoms with van der Waals surface area (Å²) in [7, 11) is 1.53. The molecule has 3 N–H and O–H groups in total. The number of hydrogen-bond acceptors (Lipinski definition) is 3. The van der Waals surface area contributed by atoms with Crippen molar-refractivity contribution in [3.05, 3.63) is 0 Å². The molecule has 7 heteroatoms. The van der Waals surface area contributed by atoms with Crippen molar-refractivity contribution in [1.82, 2.24) is 15.5 Å². The zero-order valence-corrected chi connectivity index (χ0v) is 11.4. The molecule has 1 rings (SSSR count). The Bertz CT molecular complexity index is 372. The maximum atomic E-state index is 11.9. The van der Waals surface area contributed by atoms with E-state index < -0.39 is 11.4 Å². The largest absolute Gasteiger partial charge is 0.481 e. The molecule has 0 aromatic carbocycles. The Morgan fingerprint density at radius 3 is 2.63 bits per heavy atom. The lowest BCUT2D eigenvalue weighted by molar-refractivity contribution is -0.150. The van der Waals surface area contributed by atoms with Crippen LogP contribution in [-0.2, 0) is 9.59 Å². The fraction of sp³-hybridized carbons (Fsp3) is 0.750. The molecule has 0 aromatic rings. The highest BCUT2D eigenvalue weighted by Gasteiger charge is 2.39. The first-order chi connectivity index (χ1) is 8.89. The van der Waals surface area contributed by atoms with Crippen molar-refractivity contribution in [2.75, 3.05) is 26.7 Å². The molecule has 19 heavy (non-hydrogen) atoms. The number of carbonyl (C=O) groups excluding carboxylic acids is 2. The maximum absolute atomic E-state index is 11.9. The Hall–Kier alpha value is -1.79. The molecule has 108 valence electrons. The van der Waals surface area contributed by atoms with Crippen molar-refractivity contribution in [2.45, 2.75) is 26.2 Å². The van der Waals surface area contributed by atoms with Gasteiger partial charge in [-0.25, -0.2) is 4.79 Å². The zero-order chi connectivity index (χ0) is 14.5. The molecule has 0 aliphatic carbocycles. The number of likely N-dealkylation sites (tertiary alicyclic amines) is 1. The predicted molar refractivity (Wildman–Crippen MR) is 68.6 cm³/mol. The van der Waals surface area contributed by atoms with Crippen molar-refractivity contribution < 1.29 is 19.5 Å². The Morgan fingerprint density at radius 2 is 2.05 bits per heavy atom. The first-order valence-electron chi connectivity index (χ1n) is 6.36. The van der Waals surface area contributed by atoms with E-state index in [1.54, 1.807) is 6.92 Å². The number of hydrogen-bond donors (Lipinski definition) is 3. The summed E-state index contributed by atoms with van der Waals surface area (Å²) < 4.78 is 0. The second-order valence-corrected chi connectivity index (χ2v) is 5.05. The van der Waals surface area contributed by atoms with E-state index in [1.165, 1.54) is 11.9 Å². The fourth-order valence-electron chi connectivity index (χ4n) is 2.11. The third kappa shape index (κ3) is 4.11. The lowest BCUT2D eigenvalue weighted by atomic mass is 9.82. The molecule has 0 bridgehead atoms. The van der Waals surface area contributed by atoms with Gasteiger partial charge in [0, 0.05) is 33.1 Å². The van der Waals surface area contributed by atoms with E-state index in [1.807, 2.05) is 0 Å². The van der Waals surface area contributed by atoms with Crippen molar-refractivity contribution in [3.63, 3.8) is 0 Å². The van der Waals surface area contributed by atoms with E-state index in [0.29, 0.717) is 19.4 Å². The van der Waals surface area contributed by atoms with Crippen molar-refractivity contribution in [3.8, 4) is 0 Å². The minimum absolute atomic E-state index is 0.144. The Morgan fingerprint density at radius 1 is 1.37 bits per heavy atom. The van der Waals surface area contributed by atoms with Gasteiger partial charge in [-0.05, 0) is 19.8 Å². The van der Waals surface area contributed by atoms with Crippen LogP contribution in [0.4, 0.5) is 4.79 Å². The van der Waals surface area contributed by atoms with Crippen molar-refractivity contribution >= 4 is 17.9 Å². The molecule has 1 atom stereocenters. The molecule has 1 heterocycles.